The first kappa shape index (κ1) is 22.8. The van der Waals surface area contributed by atoms with Crippen LogP contribution in [0, 0.1) is 0 Å². The third-order valence-electron chi connectivity index (χ3n) is 7.19. The zero-order valence-electron chi connectivity index (χ0n) is 20.1. The Balaban J connectivity index is 1.45. The molecule has 8 heteroatoms. The van der Waals surface area contributed by atoms with Gasteiger partial charge in [0.15, 0.2) is 5.82 Å². The number of benzene rings is 2. The van der Waals surface area contributed by atoms with Crippen molar-refractivity contribution >= 4 is 0 Å². The molecule has 2 aliphatic rings. The highest BCUT2D eigenvalue weighted by molar-refractivity contribution is 5.44. The first-order chi connectivity index (χ1) is 16.8. The average Bonchev–Trinajstić information content (AvgIpc) is 3.58. The highest BCUT2D eigenvalue weighted by Crippen LogP contribution is 2.39. The molecule has 8 nitrogen and oxygen atoms in total. The predicted octanol–water partition coefficient (Wildman–Crippen LogP) is 3.71. The van der Waals surface area contributed by atoms with Crippen LogP contribution in [0.5, 0.6) is 11.5 Å². The highest BCUT2D eigenvalue weighted by atomic mass is 16.5. The molecule has 0 unspecified atom stereocenters. The molecular weight excluding hydrogens is 428 g/mol. The molecule has 1 aliphatic heterocycles. The van der Waals surface area contributed by atoms with Crippen LogP contribution in [0.4, 0.5) is 0 Å². The maximum Gasteiger partial charge on any atom is 0.173 e. The van der Waals surface area contributed by atoms with Crippen molar-refractivity contribution in [2.24, 2.45) is 0 Å². The minimum Gasteiger partial charge on any atom is -0.497 e. The summed E-state index contributed by atoms with van der Waals surface area (Å²) in [7, 11) is 3.42. The Kier molecular flexibility index (Phi) is 7.06. The number of piperazine rings is 1. The van der Waals surface area contributed by atoms with Crippen molar-refractivity contribution in [2.75, 3.05) is 40.4 Å². The molecule has 1 aromatic heterocycles. The van der Waals surface area contributed by atoms with Gasteiger partial charge in [-0.3, -0.25) is 9.80 Å². The summed E-state index contributed by atoms with van der Waals surface area (Å²) in [5.41, 5.74) is 2.40. The lowest BCUT2D eigenvalue weighted by Gasteiger charge is -2.39. The van der Waals surface area contributed by atoms with Crippen molar-refractivity contribution in [3.63, 3.8) is 0 Å². The van der Waals surface area contributed by atoms with E-state index < -0.39 is 0 Å². The van der Waals surface area contributed by atoms with Crippen LogP contribution in [0.2, 0.25) is 0 Å². The van der Waals surface area contributed by atoms with Gasteiger partial charge in [0.2, 0.25) is 0 Å². The third kappa shape index (κ3) is 4.79. The number of hydrogen-bond acceptors (Lipinski definition) is 7. The Labute approximate surface area is 201 Å². The second-order valence-corrected chi connectivity index (χ2v) is 9.23. The summed E-state index contributed by atoms with van der Waals surface area (Å²) in [6.07, 6.45) is 4.72. The van der Waals surface area contributed by atoms with Crippen LogP contribution in [0.25, 0.3) is 0 Å². The van der Waals surface area contributed by atoms with E-state index in [2.05, 4.69) is 66.4 Å². The van der Waals surface area contributed by atoms with E-state index in [1.807, 2.05) is 12.1 Å². The molecule has 2 fully saturated rings. The van der Waals surface area contributed by atoms with Gasteiger partial charge in [-0.15, -0.1) is 5.10 Å². The summed E-state index contributed by atoms with van der Waals surface area (Å²) >= 11 is 0. The second kappa shape index (κ2) is 10.5. The Morgan fingerprint density at radius 3 is 2.41 bits per heavy atom. The Morgan fingerprint density at radius 2 is 1.71 bits per heavy atom. The lowest BCUT2D eigenvalue weighted by molar-refractivity contribution is 0.0982. The lowest BCUT2D eigenvalue weighted by Crippen LogP contribution is -2.48. The number of hydrogen-bond donors (Lipinski definition) is 0. The number of ether oxygens (including phenoxy) is 2. The zero-order valence-corrected chi connectivity index (χ0v) is 20.1. The second-order valence-electron chi connectivity index (χ2n) is 9.23. The normalized spacial score (nSPS) is 18.8. The fourth-order valence-electron chi connectivity index (χ4n) is 5.36. The molecule has 34 heavy (non-hydrogen) atoms. The number of nitrogens with zero attached hydrogens (tertiary/aromatic N) is 6. The summed E-state index contributed by atoms with van der Waals surface area (Å²) < 4.78 is 13.5. The van der Waals surface area contributed by atoms with Gasteiger partial charge >= 0.3 is 0 Å². The van der Waals surface area contributed by atoms with Gasteiger partial charge in [0.05, 0.1) is 20.3 Å². The van der Waals surface area contributed by atoms with Crippen molar-refractivity contribution in [1.82, 2.24) is 30.0 Å². The van der Waals surface area contributed by atoms with Crippen LogP contribution in [0.3, 0.4) is 0 Å². The number of rotatable bonds is 8. The monoisotopic (exact) mass is 462 g/mol. The molecule has 1 atom stereocenters. The van der Waals surface area contributed by atoms with Crippen molar-refractivity contribution in [3.05, 3.63) is 65.5 Å². The van der Waals surface area contributed by atoms with Gasteiger partial charge in [-0.25, -0.2) is 4.68 Å². The molecule has 1 saturated heterocycles. The molecule has 180 valence electrons. The molecule has 0 N–H and O–H groups in total. The largest absolute Gasteiger partial charge is 0.497 e. The summed E-state index contributed by atoms with van der Waals surface area (Å²) in [6, 6.07) is 17.0. The molecule has 5 rings (SSSR count). The Hall–Kier alpha value is -2.97. The summed E-state index contributed by atoms with van der Waals surface area (Å²) in [4.78, 5) is 5.02. The molecule has 2 aromatic carbocycles. The minimum atomic E-state index is -0.0977. The predicted molar refractivity (Wildman–Crippen MR) is 130 cm³/mol. The summed E-state index contributed by atoms with van der Waals surface area (Å²) in [5.74, 6) is 2.54. The molecule has 1 aliphatic carbocycles. The van der Waals surface area contributed by atoms with Crippen molar-refractivity contribution in [3.8, 4) is 11.5 Å². The van der Waals surface area contributed by atoms with Crippen LogP contribution < -0.4 is 9.47 Å². The van der Waals surface area contributed by atoms with Gasteiger partial charge in [0.25, 0.3) is 0 Å². The molecule has 1 saturated carbocycles. The first-order valence-electron chi connectivity index (χ1n) is 12.3. The smallest absolute Gasteiger partial charge is 0.173 e. The lowest BCUT2D eigenvalue weighted by atomic mass is 10.0. The van der Waals surface area contributed by atoms with E-state index in [4.69, 9.17) is 9.47 Å². The van der Waals surface area contributed by atoms with Crippen molar-refractivity contribution in [1.29, 1.82) is 0 Å². The van der Waals surface area contributed by atoms with E-state index in [9.17, 15) is 0 Å². The van der Waals surface area contributed by atoms with Crippen LogP contribution >= 0.6 is 0 Å². The van der Waals surface area contributed by atoms with Crippen LogP contribution in [0.15, 0.2) is 48.5 Å². The van der Waals surface area contributed by atoms with E-state index >= 15 is 0 Å². The zero-order chi connectivity index (χ0) is 23.3. The summed E-state index contributed by atoms with van der Waals surface area (Å²) in [6.45, 7) is 4.80. The number of tetrazole rings is 1. The molecule has 0 radical (unpaired) electrons. The molecular formula is C26H34N6O2. The van der Waals surface area contributed by atoms with Gasteiger partial charge in [0.1, 0.15) is 17.5 Å². The van der Waals surface area contributed by atoms with E-state index in [1.165, 1.54) is 18.4 Å². The number of aromatic nitrogens is 4. The molecule has 0 spiro atoms. The van der Waals surface area contributed by atoms with Gasteiger partial charge in [-0.1, -0.05) is 43.2 Å². The van der Waals surface area contributed by atoms with Crippen LogP contribution in [-0.2, 0) is 6.54 Å². The van der Waals surface area contributed by atoms with Crippen molar-refractivity contribution < 1.29 is 9.47 Å². The maximum atomic E-state index is 5.81. The maximum absolute atomic E-state index is 5.81. The molecule has 0 amide bonds. The van der Waals surface area contributed by atoms with Gasteiger partial charge in [0, 0.05) is 38.3 Å². The molecule has 2 heterocycles. The minimum absolute atomic E-state index is 0.0977. The SMILES string of the molecule is COc1ccc(OC)c([C@@H](c2nnnn2C2CCCC2)N2CCN(Cc3ccccc3)CC2)c1. The Bertz CT molecular complexity index is 1060. The van der Waals surface area contributed by atoms with Gasteiger partial charge in [-0.05, 0) is 47.0 Å². The van der Waals surface area contributed by atoms with Crippen LogP contribution in [-0.4, -0.2) is 70.4 Å². The van der Waals surface area contributed by atoms with Gasteiger partial charge in [-0.2, -0.15) is 0 Å². The van der Waals surface area contributed by atoms with E-state index in [0.717, 1.165) is 68.5 Å². The van der Waals surface area contributed by atoms with Crippen LogP contribution in [0.1, 0.15) is 54.7 Å². The fraction of sp³-hybridized carbons (Fsp3) is 0.500. The van der Waals surface area contributed by atoms with E-state index in [-0.39, 0.29) is 6.04 Å². The molecule has 0 bridgehead atoms. The van der Waals surface area contributed by atoms with E-state index in [0.29, 0.717) is 6.04 Å². The van der Waals surface area contributed by atoms with Gasteiger partial charge < -0.3 is 9.47 Å². The van der Waals surface area contributed by atoms with E-state index in [1.54, 1.807) is 14.2 Å². The highest BCUT2D eigenvalue weighted by Gasteiger charge is 2.35. The van der Waals surface area contributed by atoms with Crippen molar-refractivity contribution in [2.45, 2.75) is 44.3 Å². The quantitative estimate of drug-likeness (QED) is 0.505. The summed E-state index contributed by atoms with van der Waals surface area (Å²) in [5, 5.41) is 13.2. The Morgan fingerprint density at radius 1 is 0.941 bits per heavy atom. The third-order valence-corrected chi connectivity index (χ3v) is 7.19. The fourth-order valence-corrected chi connectivity index (χ4v) is 5.36. The molecule has 3 aromatic rings. The topological polar surface area (TPSA) is 68.5 Å². The first-order valence-corrected chi connectivity index (χ1v) is 12.3. The number of methoxy groups -OCH3 is 2. The standard InChI is InChI=1S/C26H34N6O2/c1-33-22-12-13-24(34-2)23(18-22)25(26-27-28-29-32(26)21-10-6-7-11-21)31-16-14-30(15-17-31)19-20-8-4-3-5-9-20/h3-5,8-9,12-13,18,21,25H,6-7,10-11,14-17,19H2,1-2H3/t25-/m0/s1. The average molecular weight is 463 g/mol.